The highest BCUT2D eigenvalue weighted by molar-refractivity contribution is 5.30. The Hall–Kier alpha value is -1.99. The van der Waals surface area contributed by atoms with Crippen LogP contribution in [0.25, 0.3) is 0 Å². The third kappa shape index (κ3) is 3.23. The zero-order chi connectivity index (χ0) is 12.3. The maximum absolute atomic E-state index is 12.2. The van der Waals surface area contributed by atoms with Gasteiger partial charge in [-0.3, -0.25) is 0 Å². The van der Waals surface area contributed by atoms with E-state index in [-0.39, 0.29) is 12.4 Å². The first-order chi connectivity index (χ1) is 8.04. The average molecular weight is 246 g/mol. The molecule has 0 bridgehead atoms. The van der Waals surface area contributed by atoms with Crippen LogP contribution in [0.4, 0.5) is 19.0 Å². The number of anilines is 1. The van der Waals surface area contributed by atoms with Crippen molar-refractivity contribution in [3.8, 4) is 0 Å². The van der Waals surface area contributed by atoms with Crippen LogP contribution >= 0.6 is 0 Å². The molecule has 0 spiro atoms. The number of hydrogen-bond acceptors (Lipinski definition) is 4. The van der Waals surface area contributed by atoms with E-state index in [0.717, 1.165) is 4.57 Å². The van der Waals surface area contributed by atoms with Gasteiger partial charge in [-0.25, -0.2) is 4.98 Å². The first kappa shape index (κ1) is 11.5. The van der Waals surface area contributed by atoms with Gasteiger partial charge in [0.1, 0.15) is 18.6 Å². The molecule has 0 atom stereocenters. The fourth-order valence-electron chi connectivity index (χ4n) is 1.32. The largest absolute Gasteiger partial charge is 0.406 e. The highest BCUT2D eigenvalue weighted by Gasteiger charge is 2.28. The topological polar surface area (TPSA) is 55.9 Å². The van der Waals surface area contributed by atoms with Crippen molar-refractivity contribution in [2.75, 3.05) is 5.32 Å². The number of nitrogens with zero attached hydrogens (tertiary/aromatic N) is 3. The second-order valence-corrected chi connectivity index (χ2v) is 3.32. The molecule has 0 saturated heterocycles. The third-order valence-electron chi connectivity index (χ3n) is 2.02. The van der Waals surface area contributed by atoms with Crippen molar-refractivity contribution >= 4 is 5.82 Å². The molecule has 0 aromatic carbocycles. The summed E-state index contributed by atoms with van der Waals surface area (Å²) in [5.41, 5.74) is 0. The summed E-state index contributed by atoms with van der Waals surface area (Å²) in [7, 11) is 0. The van der Waals surface area contributed by atoms with E-state index >= 15 is 0 Å². The van der Waals surface area contributed by atoms with Gasteiger partial charge in [-0.15, -0.1) is 0 Å². The van der Waals surface area contributed by atoms with E-state index in [9.17, 15) is 13.2 Å². The number of imidazole rings is 1. The standard InChI is InChI=1S/C9H9F3N4O/c10-9(11,12)6-16-3-2-13-8(16)5-14-7-1-4-17-15-7/h1-4H,5-6H2,(H,14,15). The molecule has 8 heteroatoms. The molecule has 0 aliphatic carbocycles. The van der Waals surface area contributed by atoms with Crippen LogP contribution in [0.5, 0.6) is 0 Å². The first-order valence-electron chi connectivity index (χ1n) is 4.75. The first-order valence-corrected chi connectivity index (χ1v) is 4.75. The molecule has 17 heavy (non-hydrogen) atoms. The predicted molar refractivity (Wildman–Crippen MR) is 52.1 cm³/mol. The minimum Gasteiger partial charge on any atom is -0.363 e. The predicted octanol–water partition coefficient (Wildman–Crippen LogP) is 2.05. The fourth-order valence-corrected chi connectivity index (χ4v) is 1.32. The van der Waals surface area contributed by atoms with Crippen LogP contribution in [0.1, 0.15) is 5.82 Å². The van der Waals surface area contributed by atoms with Crippen LogP contribution in [0.3, 0.4) is 0 Å². The Balaban J connectivity index is 1.99. The second kappa shape index (κ2) is 4.48. The Morgan fingerprint density at radius 3 is 2.88 bits per heavy atom. The highest BCUT2D eigenvalue weighted by Crippen LogP contribution is 2.18. The molecule has 0 fully saturated rings. The van der Waals surface area contributed by atoms with Crippen LogP contribution < -0.4 is 5.32 Å². The molecule has 92 valence electrons. The van der Waals surface area contributed by atoms with E-state index in [1.807, 2.05) is 0 Å². The minimum absolute atomic E-state index is 0.148. The average Bonchev–Trinajstić information content (AvgIpc) is 2.83. The minimum atomic E-state index is -4.26. The van der Waals surface area contributed by atoms with Crippen molar-refractivity contribution in [1.82, 2.24) is 14.7 Å². The van der Waals surface area contributed by atoms with Crippen LogP contribution in [0.15, 0.2) is 29.2 Å². The van der Waals surface area contributed by atoms with Crippen molar-refractivity contribution < 1.29 is 17.7 Å². The smallest absolute Gasteiger partial charge is 0.363 e. The lowest BCUT2D eigenvalue weighted by atomic mass is 10.5. The van der Waals surface area contributed by atoms with Crippen molar-refractivity contribution in [3.63, 3.8) is 0 Å². The molecule has 5 nitrogen and oxygen atoms in total. The Bertz CT molecular complexity index is 463. The number of alkyl halides is 3. The molecular weight excluding hydrogens is 237 g/mol. The molecule has 2 aromatic rings. The Kier molecular flexibility index (Phi) is 3.03. The van der Waals surface area contributed by atoms with Gasteiger partial charge in [0.25, 0.3) is 0 Å². The molecule has 0 saturated carbocycles. The summed E-state index contributed by atoms with van der Waals surface area (Å²) in [4.78, 5) is 3.84. The second-order valence-electron chi connectivity index (χ2n) is 3.32. The van der Waals surface area contributed by atoms with Gasteiger partial charge < -0.3 is 14.4 Å². The van der Waals surface area contributed by atoms with E-state index in [4.69, 9.17) is 0 Å². The molecule has 0 aliphatic heterocycles. The molecule has 2 rings (SSSR count). The lowest BCUT2D eigenvalue weighted by Gasteiger charge is -2.10. The number of hydrogen-bond donors (Lipinski definition) is 1. The van der Waals surface area contributed by atoms with Gasteiger partial charge in [0.2, 0.25) is 0 Å². The third-order valence-corrected chi connectivity index (χ3v) is 2.02. The SMILES string of the molecule is FC(F)(F)Cn1ccnc1CNc1ccon1. The fraction of sp³-hybridized carbons (Fsp3) is 0.333. The van der Waals surface area contributed by atoms with Gasteiger partial charge in [0, 0.05) is 18.5 Å². The van der Waals surface area contributed by atoms with Gasteiger partial charge >= 0.3 is 6.18 Å². The van der Waals surface area contributed by atoms with Crippen molar-refractivity contribution in [1.29, 1.82) is 0 Å². The van der Waals surface area contributed by atoms with E-state index in [2.05, 4.69) is 20.0 Å². The van der Waals surface area contributed by atoms with Gasteiger partial charge in [-0.2, -0.15) is 13.2 Å². The van der Waals surface area contributed by atoms with E-state index in [0.29, 0.717) is 5.82 Å². The van der Waals surface area contributed by atoms with Crippen LogP contribution in [0, 0.1) is 0 Å². The van der Waals surface area contributed by atoms with Gasteiger partial charge in [0.15, 0.2) is 5.82 Å². The zero-order valence-electron chi connectivity index (χ0n) is 8.61. The molecule has 0 aliphatic rings. The van der Waals surface area contributed by atoms with E-state index < -0.39 is 12.7 Å². The molecule has 1 N–H and O–H groups in total. The van der Waals surface area contributed by atoms with Crippen molar-refractivity contribution in [2.45, 2.75) is 19.3 Å². The lowest BCUT2D eigenvalue weighted by Crippen LogP contribution is -2.20. The van der Waals surface area contributed by atoms with E-state index in [1.165, 1.54) is 18.7 Å². The summed E-state index contributed by atoms with van der Waals surface area (Å²) in [5.74, 6) is 0.733. The summed E-state index contributed by atoms with van der Waals surface area (Å²) >= 11 is 0. The number of halogens is 3. The molecule has 2 aromatic heterocycles. The summed E-state index contributed by atoms with van der Waals surface area (Å²) in [6, 6.07) is 1.57. The lowest BCUT2D eigenvalue weighted by molar-refractivity contribution is -0.141. The maximum atomic E-state index is 12.2. The van der Waals surface area contributed by atoms with Crippen LogP contribution in [-0.4, -0.2) is 20.9 Å². The summed E-state index contributed by atoms with van der Waals surface area (Å²) in [6.07, 6.45) is -0.285. The van der Waals surface area contributed by atoms with Crippen molar-refractivity contribution in [2.24, 2.45) is 0 Å². The van der Waals surface area contributed by atoms with Crippen molar-refractivity contribution in [3.05, 3.63) is 30.5 Å². The molecule has 0 amide bonds. The summed E-state index contributed by atoms with van der Waals surface area (Å²) in [6.45, 7) is -0.904. The molecular formula is C9H9F3N4O. The van der Waals surface area contributed by atoms with Crippen LogP contribution in [-0.2, 0) is 13.1 Å². The van der Waals surface area contributed by atoms with Gasteiger partial charge in [-0.1, -0.05) is 5.16 Å². The quantitative estimate of drug-likeness (QED) is 0.896. The van der Waals surface area contributed by atoms with Gasteiger partial charge in [0.05, 0.1) is 6.54 Å². The molecule has 0 radical (unpaired) electrons. The maximum Gasteiger partial charge on any atom is 0.406 e. The zero-order valence-corrected chi connectivity index (χ0v) is 8.61. The number of nitrogens with one attached hydrogen (secondary N) is 1. The number of rotatable bonds is 4. The molecule has 0 unspecified atom stereocenters. The Morgan fingerprint density at radius 2 is 2.24 bits per heavy atom. The monoisotopic (exact) mass is 246 g/mol. The summed E-state index contributed by atoms with van der Waals surface area (Å²) in [5, 5.41) is 6.37. The Labute approximate surface area is 94.2 Å². The normalized spacial score (nSPS) is 11.7. The number of aromatic nitrogens is 3. The molecule has 2 heterocycles. The van der Waals surface area contributed by atoms with E-state index in [1.54, 1.807) is 6.07 Å². The Morgan fingerprint density at radius 1 is 1.41 bits per heavy atom. The highest BCUT2D eigenvalue weighted by atomic mass is 19.4. The van der Waals surface area contributed by atoms with Crippen LogP contribution in [0.2, 0.25) is 0 Å². The van der Waals surface area contributed by atoms with Gasteiger partial charge in [-0.05, 0) is 0 Å². The summed E-state index contributed by atoms with van der Waals surface area (Å²) < 4.78 is 42.3.